The number of amides is 1. The minimum atomic E-state index is -0.0922. The number of pyridine rings is 1. The molecule has 3 N–H and O–H groups in total. The Hall–Kier alpha value is -2.09. The first-order valence-electron chi connectivity index (χ1n) is 7.62. The molecule has 0 aliphatic heterocycles. The van der Waals surface area contributed by atoms with Gasteiger partial charge in [0, 0.05) is 31.8 Å². The highest BCUT2D eigenvalue weighted by Gasteiger charge is 2.14. The summed E-state index contributed by atoms with van der Waals surface area (Å²) >= 11 is 0. The van der Waals surface area contributed by atoms with Gasteiger partial charge in [0.15, 0.2) is 11.5 Å². The van der Waals surface area contributed by atoms with E-state index >= 15 is 0 Å². The van der Waals surface area contributed by atoms with Crippen molar-refractivity contribution in [3.05, 3.63) is 29.6 Å². The molecule has 1 heterocycles. The van der Waals surface area contributed by atoms with Crippen LogP contribution in [0.5, 0.6) is 11.5 Å². The van der Waals surface area contributed by atoms with Crippen LogP contribution in [-0.2, 0) is 22.5 Å². The van der Waals surface area contributed by atoms with E-state index in [-0.39, 0.29) is 24.7 Å². The third-order valence-electron chi connectivity index (χ3n) is 3.73. The van der Waals surface area contributed by atoms with Crippen LogP contribution in [0.1, 0.15) is 11.3 Å². The standard InChI is InChI=1S/C17H23N3O4.ClH/c1-22-5-4-19-17(21)6-11-10-20-14(9-18)13-8-16(24-3)15(23-2)7-12(11)13;/h7-8,10H,4-6,9,18H2,1-3H3,(H,19,21);1H. The molecule has 0 saturated carbocycles. The van der Waals surface area contributed by atoms with E-state index in [9.17, 15) is 4.79 Å². The summed E-state index contributed by atoms with van der Waals surface area (Å²) in [4.78, 5) is 16.5. The molecule has 1 aromatic heterocycles. The average Bonchev–Trinajstić information content (AvgIpc) is 2.61. The van der Waals surface area contributed by atoms with E-state index in [1.54, 1.807) is 27.5 Å². The van der Waals surface area contributed by atoms with Crippen LogP contribution >= 0.6 is 12.4 Å². The number of carbonyl (C=O) groups excluding carboxylic acids is 1. The summed E-state index contributed by atoms with van der Waals surface area (Å²) in [6.45, 7) is 1.24. The normalized spacial score (nSPS) is 10.2. The molecule has 0 aliphatic rings. The van der Waals surface area contributed by atoms with Crippen molar-refractivity contribution in [2.45, 2.75) is 13.0 Å². The van der Waals surface area contributed by atoms with Crippen molar-refractivity contribution in [1.29, 1.82) is 0 Å². The van der Waals surface area contributed by atoms with Crippen LogP contribution < -0.4 is 20.5 Å². The Labute approximate surface area is 153 Å². The number of nitrogens with zero attached hydrogens (tertiary/aromatic N) is 1. The number of hydrogen-bond acceptors (Lipinski definition) is 6. The fourth-order valence-corrected chi connectivity index (χ4v) is 2.51. The van der Waals surface area contributed by atoms with Crippen LogP contribution in [0.3, 0.4) is 0 Å². The number of methoxy groups -OCH3 is 3. The van der Waals surface area contributed by atoms with Crippen molar-refractivity contribution < 1.29 is 19.0 Å². The molecule has 2 rings (SSSR count). The molecule has 0 saturated heterocycles. The summed E-state index contributed by atoms with van der Waals surface area (Å²) in [6.07, 6.45) is 1.90. The second kappa shape index (κ2) is 10.0. The lowest BCUT2D eigenvalue weighted by molar-refractivity contribution is -0.120. The number of rotatable bonds is 8. The number of hydrogen-bond donors (Lipinski definition) is 2. The molecule has 7 nitrogen and oxygen atoms in total. The Morgan fingerprint density at radius 1 is 1.16 bits per heavy atom. The number of benzene rings is 1. The summed E-state index contributed by atoms with van der Waals surface area (Å²) in [6, 6.07) is 3.70. The molecule has 0 fully saturated rings. The smallest absolute Gasteiger partial charge is 0.224 e. The van der Waals surface area contributed by atoms with Gasteiger partial charge >= 0.3 is 0 Å². The third kappa shape index (κ3) is 4.94. The molecule has 1 aromatic carbocycles. The molecule has 1 amide bonds. The fraction of sp³-hybridized carbons (Fsp3) is 0.412. The first-order valence-corrected chi connectivity index (χ1v) is 7.62. The van der Waals surface area contributed by atoms with Gasteiger partial charge < -0.3 is 25.3 Å². The van der Waals surface area contributed by atoms with Gasteiger partial charge in [0.05, 0.1) is 32.9 Å². The van der Waals surface area contributed by atoms with Gasteiger partial charge in [-0.25, -0.2) is 0 Å². The predicted molar refractivity (Wildman–Crippen MR) is 98.6 cm³/mol. The molecule has 138 valence electrons. The van der Waals surface area contributed by atoms with E-state index in [1.165, 1.54) is 0 Å². The maximum absolute atomic E-state index is 12.1. The van der Waals surface area contributed by atoms with Gasteiger partial charge in [-0.1, -0.05) is 0 Å². The molecular formula is C17H24ClN3O4. The second-order valence-corrected chi connectivity index (χ2v) is 5.21. The van der Waals surface area contributed by atoms with Gasteiger partial charge in [-0.3, -0.25) is 9.78 Å². The predicted octanol–water partition coefficient (Wildman–Crippen LogP) is 1.44. The van der Waals surface area contributed by atoms with Crippen LogP contribution in [0.25, 0.3) is 10.8 Å². The lowest BCUT2D eigenvalue weighted by Crippen LogP contribution is -2.28. The largest absolute Gasteiger partial charge is 0.493 e. The Bertz CT molecular complexity index is 725. The van der Waals surface area contributed by atoms with E-state index < -0.39 is 0 Å². The van der Waals surface area contributed by atoms with Crippen LogP contribution in [0.2, 0.25) is 0 Å². The second-order valence-electron chi connectivity index (χ2n) is 5.21. The van der Waals surface area contributed by atoms with Crippen molar-refractivity contribution in [1.82, 2.24) is 10.3 Å². The lowest BCUT2D eigenvalue weighted by Gasteiger charge is -2.14. The number of aromatic nitrogens is 1. The Kier molecular flexibility index (Phi) is 8.40. The molecule has 0 radical (unpaired) electrons. The van der Waals surface area contributed by atoms with Gasteiger partial charge in [-0.2, -0.15) is 0 Å². The maximum Gasteiger partial charge on any atom is 0.224 e. The van der Waals surface area contributed by atoms with E-state index in [0.717, 1.165) is 22.0 Å². The zero-order chi connectivity index (χ0) is 17.5. The SMILES string of the molecule is COCCNC(=O)Cc1cnc(CN)c2cc(OC)c(OC)cc12.Cl. The van der Waals surface area contributed by atoms with E-state index in [4.69, 9.17) is 19.9 Å². The molecule has 0 atom stereocenters. The summed E-state index contributed by atoms with van der Waals surface area (Å²) < 4.78 is 15.6. The van der Waals surface area contributed by atoms with Crippen LogP contribution in [-0.4, -0.2) is 45.4 Å². The van der Waals surface area contributed by atoms with Crippen molar-refractivity contribution in [2.75, 3.05) is 34.5 Å². The molecule has 25 heavy (non-hydrogen) atoms. The number of carbonyl (C=O) groups is 1. The van der Waals surface area contributed by atoms with Crippen molar-refractivity contribution >= 4 is 29.1 Å². The summed E-state index contributed by atoms with van der Waals surface area (Å²) in [5.74, 6) is 1.11. The van der Waals surface area contributed by atoms with E-state index in [0.29, 0.717) is 31.2 Å². The van der Waals surface area contributed by atoms with Crippen molar-refractivity contribution in [2.24, 2.45) is 5.73 Å². The highest BCUT2D eigenvalue weighted by molar-refractivity contribution is 5.93. The first kappa shape index (κ1) is 21.0. The quantitative estimate of drug-likeness (QED) is 0.683. The Morgan fingerprint density at radius 2 is 1.80 bits per heavy atom. The average molecular weight is 370 g/mol. The summed E-state index contributed by atoms with van der Waals surface area (Å²) in [5.41, 5.74) is 7.33. The number of halogens is 1. The molecule has 0 spiro atoms. The summed E-state index contributed by atoms with van der Waals surface area (Å²) in [5, 5.41) is 4.54. The van der Waals surface area contributed by atoms with Gasteiger partial charge in [-0.05, 0) is 23.1 Å². The van der Waals surface area contributed by atoms with Crippen molar-refractivity contribution in [3.8, 4) is 11.5 Å². The zero-order valence-electron chi connectivity index (χ0n) is 14.6. The number of fused-ring (bicyclic) bond motifs is 1. The third-order valence-corrected chi connectivity index (χ3v) is 3.73. The van der Waals surface area contributed by atoms with Crippen molar-refractivity contribution in [3.63, 3.8) is 0 Å². The zero-order valence-corrected chi connectivity index (χ0v) is 15.4. The number of nitrogens with one attached hydrogen (secondary N) is 1. The minimum absolute atomic E-state index is 0. The molecule has 0 bridgehead atoms. The Balaban J connectivity index is 0.00000312. The highest BCUT2D eigenvalue weighted by atomic mass is 35.5. The topological polar surface area (TPSA) is 95.7 Å². The molecule has 0 unspecified atom stereocenters. The highest BCUT2D eigenvalue weighted by Crippen LogP contribution is 2.34. The minimum Gasteiger partial charge on any atom is -0.493 e. The number of ether oxygens (including phenoxy) is 3. The van der Waals surface area contributed by atoms with E-state index in [1.807, 2.05) is 12.1 Å². The lowest BCUT2D eigenvalue weighted by atomic mass is 10.0. The monoisotopic (exact) mass is 369 g/mol. The molecule has 0 aliphatic carbocycles. The van der Waals surface area contributed by atoms with Gasteiger partial charge in [0.25, 0.3) is 0 Å². The van der Waals surface area contributed by atoms with Crippen LogP contribution in [0, 0.1) is 0 Å². The van der Waals surface area contributed by atoms with E-state index in [2.05, 4.69) is 10.3 Å². The first-order chi connectivity index (χ1) is 11.6. The molecule has 2 aromatic rings. The molecule has 8 heteroatoms. The summed E-state index contributed by atoms with van der Waals surface area (Å²) in [7, 11) is 4.74. The van der Waals surface area contributed by atoms with Crippen LogP contribution in [0.4, 0.5) is 0 Å². The fourth-order valence-electron chi connectivity index (χ4n) is 2.51. The Morgan fingerprint density at radius 3 is 2.36 bits per heavy atom. The van der Waals surface area contributed by atoms with Crippen LogP contribution in [0.15, 0.2) is 18.3 Å². The van der Waals surface area contributed by atoms with Gasteiger partial charge in [0.2, 0.25) is 5.91 Å². The van der Waals surface area contributed by atoms with Gasteiger partial charge in [0.1, 0.15) is 0 Å². The number of nitrogens with two attached hydrogens (primary N) is 1. The van der Waals surface area contributed by atoms with Gasteiger partial charge in [-0.15, -0.1) is 12.4 Å². The molecular weight excluding hydrogens is 346 g/mol. The maximum atomic E-state index is 12.1.